The van der Waals surface area contributed by atoms with Crippen LogP contribution in [0.3, 0.4) is 0 Å². The number of rotatable bonds is 4. The van der Waals surface area contributed by atoms with Crippen LogP contribution in [0, 0.1) is 0 Å². The van der Waals surface area contributed by atoms with Gasteiger partial charge in [0, 0.05) is 5.54 Å². The van der Waals surface area contributed by atoms with E-state index >= 15 is 0 Å². The van der Waals surface area contributed by atoms with E-state index in [-0.39, 0.29) is 17.4 Å². The van der Waals surface area contributed by atoms with Crippen LogP contribution < -0.4 is 11.0 Å². The molecular formula is C10H24N2O2. The summed E-state index contributed by atoms with van der Waals surface area (Å²) in [5.41, 5.74) is 5.46. The summed E-state index contributed by atoms with van der Waals surface area (Å²) in [6, 6.07) is 0. The molecule has 0 aliphatic rings. The average Bonchev–Trinajstić information content (AvgIpc) is 1.94. The first kappa shape index (κ1) is 13.8. The van der Waals surface area contributed by atoms with E-state index in [1.165, 1.54) is 0 Å². The summed E-state index contributed by atoms with van der Waals surface area (Å²) >= 11 is 0. The molecule has 86 valence electrons. The van der Waals surface area contributed by atoms with Gasteiger partial charge in [0.1, 0.15) is 6.23 Å². The van der Waals surface area contributed by atoms with Gasteiger partial charge in [0.15, 0.2) is 0 Å². The molecule has 0 aliphatic heterocycles. The maximum atomic E-state index is 5.34. The van der Waals surface area contributed by atoms with Crippen molar-refractivity contribution >= 4 is 0 Å². The Bertz CT molecular complexity index is 140. The molecule has 0 bridgehead atoms. The van der Waals surface area contributed by atoms with E-state index in [1.54, 1.807) is 0 Å². The molecule has 4 heteroatoms. The molecule has 0 fully saturated rings. The Balaban J connectivity index is 3.62. The number of hydroxylamine groups is 2. The van der Waals surface area contributed by atoms with Crippen molar-refractivity contribution in [2.24, 2.45) is 0 Å². The molecule has 0 radical (unpaired) electrons. The quantitative estimate of drug-likeness (QED) is 0.543. The highest BCUT2D eigenvalue weighted by Gasteiger charge is 2.15. The standard InChI is InChI=1S/C10H24N2O2/c1-8(11-14-10(5,6)7)13-12-9(2,3)4/h8,11-12H,1-7H3. The Morgan fingerprint density at radius 2 is 1.50 bits per heavy atom. The van der Waals surface area contributed by atoms with Crippen molar-refractivity contribution in [3.05, 3.63) is 0 Å². The lowest BCUT2D eigenvalue weighted by molar-refractivity contribution is -0.172. The van der Waals surface area contributed by atoms with Crippen LogP contribution in [0.4, 0.5) is 0 Å². The lowest BCUT2D eigenvalue weighted by atomic mass is 10.1. The van der Waals surface area contributed by atoms with E-state index in [2.05, 4.69) is 11.0 Å². The summed E-state index contributed by atoms with van der Waals surface area (Å²) in [7, 11) is 0. The third-order valence-electron chi connectivity index (χ3n) is 1.07. The Kier molecular flexibility index (Phi) is 5.01. The van der Waals surface area contributed by atoms with Gasteiger partial charge in [-0.15, -0.1) is 0 Å². The van der Waals surface area contributed by atoms with Crippen molar-refractivity contribution in [1.29, 1.82) is 0 Å². The third-order valence-corrected chi connectivity index (χ3v) is 1.07. The van der Waals surface area contributed by atoms with E-state index in [4.69, 9.17) is 9.68 Å². The minimum atomic E-state index is -0.209. The summed E-state index contributed by atoms with van der Waals surface area (Å²) in [4.78, 5) is 10.7. The molecule has 0 saturated carbocycles. The molecule has 2 N–H and O–H groups in total. The Morgan fingerprint density at radius 3 is 1.86 bits per heavy atom. The van der Waals surface area contributed by atoms with Gasteiger partial charge in [-0.3, -0.25) is 9.68 Å². The molecule has 1 unspecified atom stereocenters. The molecule has 0 aliphatic carbocycles. The smallest absolute Gasteiger partial charge is 0.148 e. The fourth-order valence-electron chi connectivity index (χ4n) is 0.549. The first-order chi connectivity index (χ1) is 6.10. The molecule has 0 amide bonds. The van der Waals surface area contributed by atoms with E-state index in [1.807, 2.05) is 48.5 Å². The van der Waals surface area contributed by atoms with Crippen molar-refractivity contribution in [2.45, 2.75) is 65.8 Å². The molecule has 0 aromatic rings. The van der Waals surface area contributed by atoms with Gasteiger partial charge in [-0.2, -0.15) is 11.0 Å². The lowest BCUT2D eigenvalue weighted by Crippen LogP contribution is -2.44. The SMILES string of the molecule is CC(NOC(C)(C)C)ONC(C)(C)C. The van der Waals surface area contributed by atoms with E-state index in [0.29, 0.717) is 0 Å². The minimum Gasteiger partial charge on any atom is -0.294 e. The van der Waals surface area contributed by atoms with Gasteiger partial charge in [0.2, 0.25) is 0 Å². The van der Waals surface area contributed by atoms with Crippen LogP contribution in [0.5, 0.6) is 0 Å². The van der Waals surface area contributed by atoms with Crippen LogP contribution in [0.2, 0.25) is 0 Å². The summed E-state index contributed by atoms with van der Waals surface area (Å²) in [6.07, 6.45) is -0.187. The maximum Gasteiger partial charge on any atom is 0.148 e. The molecule has 0 rings (SSSR count). The largest absolute Gasteiger partial charge is 0.294 e. The zero-order valence-electron chi connectivity index (χ0n) is 10.4. The second kappa shape index (κ2) is 5.07. The topological polar surface area (TPSA) is 42.5 Å². The molecule has 0 spiro atoms. The maximum absolute atomic E-state index is 5.34. The molecule has 0 aromatic heterocycles. The van der Waals surface area contributed by atoms with Gasteiger partial charge < -0.3 is 0 Å². The van der Waals surface area contributed by atoms with Gasteiger partial charge in [0.05, 0.1) is 5.60 Å². The summed E-state index contributed by atoms with van der Waals surface area (Å²) in [5, 5.41) is 0. The first-order valence-corrected chi connectivity index (χ1v) is 4.96. The summed E-state index contributed by atoms with van der Waals surface area (Å²) < 4.78 is 0. The number of hydrogen-bond donors (Lipinski definition) is 2. The average molecular weight is 204 g/mol. The summed E-state index contributed by atoms with van der Waals surface area (Å²) in [6.45, 7) is 13.9. The van der Waals surface area contributed by atoms with Crippen LogP contribution in [0.15, 0.2) is 0 Å². The summed E-state index contributed by atoms with van der Waals surface area (Å²) in [5.74, 6) is 0. The monoisotopic (exact) mass is 204 g/mol. The van der Waals surface area contributed by atoms with Gasteiger partial charge in [-0.25, -0.2) is 0 Å². The van der Waals surface area contributed by atoms with Crippen LogP contribution in [-0.2, 0) is 9.68 Å². The molecular weight excluding hydrogens is 180 g/mol. The molecule has 0 heterocycles. The van der Waals surface area contributed by atoms with Crippen LogP contribution in [-0.4, -0.2) is 17.4 Å². The highest BCUT2D eigenvalue weighted by atomic mass is 16.7. The van der Waals surface area contributed by atoms with E-state index in [0.717, 1.165) is 0 Å². The van der Waals surface area contributed by atoms with Crippen LogP contribution in [0.1, 0.15) is 48.5 Å². The van der Waals surface area contributed by atoms with Crippen molar-refractivity contribution < 1.29 is 9.68 Å². The van der Waals surface area contributed by atoms with Gasteiger partial charge in [-0.1, -0.05) is 0 Å². The van der Waals surface area contributed by atoms with Gasteiger partial charge in [-0.05, 0) is 48.5 Å². The number of hydrogen-bond acceptors (Lipinski definition) is 4. The second-order valence-corrected chi connectivity index (χ2v) is 5.44. The molecule has 1 atom stereocenters. The highest BCUT2D eigenvalue weighted by molar-refractivity contribution is 4.64. The molecule has 4 nitrogen and oxygen atoms in total. The van der Waals surface area contributed by atoms with E-state index in [9.17, 15) is 0 Å². The zero-order valence-corrected chi connectivity index (χ0v) is 10.4. The Labute approximate surface area is 87.3 Å². The Morgan fingerprint density at radius 1 is 1.00 bits per heavy atom. The first-order valence-electron chi connectivity index (χ1n) is 4.96. The fraction of sp³-hybridized carbons (Fsp3) is 1.00. The predicted molar refractivity (Wildman–Crippen MR) is 57.4 cm³/mol. The van der Waals surface area contributed by atoms with Crippen molar-refractivity contribution in [1.82, 2.24) is 11.0 Å². The van der Waals surface area contributed by atoms with Crippen molar-refractivity contribution in [3.63, 3.8) is 0 Å². The normalized spacial score (nSPS) is 15.6. The zero-order chi connectivity index (χ0) is 11.4. The van der Waals surface area contributed by atoms with Crippen molar-refractivity contribution in [2.75, 3.05) is 0 Å². The van der Waals surface area contributed by atoms with Crippen molar-refractivity contribution in [3.8, 4) is 0 Å². The van der Waals surface area contributed by atoms with Crippen LogP contribution >= 0.6 is 0 Å². The molecule has 0 saturated heterocycles. The van der Waals surface area contributed by atoms with Gasteiger partial charge >= 0.3 is 0 Å². The number of nitrogens with one attached hydrogen (secondary N) is 2. The molecule has 0 aromatic carbocycles. The fourth-order valence-corrected chi connectivity index (χ4v) is 0.549. The highest BCUT2D eigenvalue weighted by Crippen LogP contribution is 2.05. The Hall–Kier alpha value is -0.160. The second-order valence-electron chi connectivity index (χ2n) is 5.44. The minimum absolute atomic E-state index is 0.0579. The van der Waals surface area contributed by atoms with Gasteiger partial charge in [0.25, 0.3) is 0 Å². The van der Waals surface area contributed by atoms with E-state index < -0.39 is 0 Å². The third kappa shape index (κ3) is 9.92. The molecule has 14 heavy (non-hydrogen) atoms. The lowest BCUT2D eigenvalue weighted by Gasteiger charge is -2.26. The predicted octanol–water partition coefficient (Wildman–Crippen LogP) is 1.97. The van der Waals surface area contributed by atoms with Crippen LogP contribution in [0.25, 0.3) is 0 Å².